The maximum atomic E-state index is 11.9. The van der Waals surface area contributed by atoms with Gasteiger partial charge in [0.2, 0.25) is 0 Å². The first-order valence-electron chi connectivity index (χ1n) is 10.7. The molecule has 0 aliphatic carbocycles. The van der Waals surface area contributed by atoms with E-state index in [1.165, 1.54) is 0 Å². The molecule has 2 aliphatic rings. The van der Waals surface area contributed by atoms with E-state index < -0.39 is 6.10 Å². The number of hydrogen-bond acceptors (Lipinski definition) is 7. The molecule has 0 radical (unpaired) electrons. The predicted octanol–water partition coefficient (Wildman–Crippen LogP) is 2.61. The third-order valence-electron chi connectivity index (χ3n) is 5.62. The van der Waals surface area contributed by atoms with E-state index in [1.807, 2.05) is 19.1 Å². The number of rotatable bonds is 5. The van der Waals surface area contributed by atoms with Crippen LogP contribution in [0.5, 0.6) is 5.75 Å². The van der Waals surface area contributed by atoms with Gasteiger partial charge in [0.1, 0.15) is 11.6 Å². The van der Waals surface area contributed by atoms with Gasteiger partial charge >= 0.3 is 5.97 Å². The number of pyridine rings is 1. The van der Waals surface area contributed by atoms with Crippen molar-refractivity contribution in [3.8, 4) is 5.75 Å². The monoisotopic (exact) mass is 424 g/mol. The molecule has 1 unspecified atom stereocenters. The summed E-state index contributed by atoms with van der Waals surface area (Å²) in [5, 5.41) is 2.95. The molecule has 31 heavy (non-hydrogen) atoms. The van der Waals surface area contributed by atoms with E-state index >= 15 is 0 Å². The zero-order chi connectivity index (χ0) is 22.0. The first kappa shape index (κ1) is 21.1. The number of carbonyl (C=O) groups excluding carboxylic acids is 2. The standard InChI is InChI=1S/C23H28N4O4/c1-4-30-23(29)18-5-6-20(24-13-18)27-9-7-26(8-10-27)14-17-11-15(2)21-19(12-17)25-22(28)16(3)31-21/h5-6,11-13,16H,4,7-10,14H2,1-3H3,(H,25,28). The number of piperazine rings is 1. The lowest BCUT2D eigenvalue weighted by atomic mass is 10.1. The maximum absolute atomic E-state index is 11.9. The lowest BCUT2D eigenvalue weighted by molar-refractivity contribution is -0.122. The smallest absolute Gasteiger partial charge is 0.339 e. The van der Waals surface area contributed by atoms with Gasteiger partial charge in [-0.2, -0.15) is 0 Å². The number of amides is 1. The minimum atomic E-state index is -0.468. The Morgan fingerprint density at radius 1 is 1.26 bits per heavy atom. The second-order valence-electron chi connectivity index (χ2n) is 7.93. The van der Waals surface area contributed by atoms with E-state index in [0.717, 1.165) is 61.1 Å². The summed E-state index contributed by atoms with van der Waals surface area (Å²) in [5.41, 5.74) is 3.41. The lowest BCUT2D eigenvalue weighted by Gasteiger charge is -2.35. The number of fused-ring (bicyclic) bond motifs is 1. The van der Waals surface area contributed by atoms with Crippen LogP contribution < -0.4 is 15.0 Å². The van der Waals surface area contributed by atoms with Gasteiger partial charge in [-0.3, -0.25) is 9.69 Å². The molecule has 2 aromatic rings. The molecule has 1 fully saturated rings. The fourth-order valence-electron chi connectivity index (χ4n) is 3.96. The molecule has 1 amide bonds. The van der Waals surface area contributed by atoms with E-state index in [9.17, 15) is 9.59 Å². The average molecular weight is 425 g/mol. The summed E-state index contributed by atoms with van der Waals surface area (Å²) in [4.78, 5) is 32.8. The molecule has 8 nitrogen and oxygen atoms in total. The van der Waals surface area contributed by atoms with Crippen molar-refractivity contribution in [2.45, 2.75) is 33.4 Å². The molecule has 3 heterocycles. The van der Waals surface area contributed by atoms with Crippen LogP contribution in [0.1, 0.15) is 35.3 Å². The molecular formula is C23H28N4O4. The molecule has 4 rings (SSSR count). The Bertz CT molecular complexity index is 968. The highest BCUT2D eigenvalue weighted by molar-refractivity contribution is 5.97. The van der Waals surface area contributed by atoms with E-state index in [0.29, 0.717) is 12.2 Å². The second kappa shape index (κ2) is 8.93. The number of aryl methyl sites for hydroxylation is 1. The minimum Gasteiger partial charge on any atom is -0.478 e. The maximum Gasteiger partial charge on any atom is 0.339 e. The zero-order valence-electron chi connectivity index (χ0n) is 18.2. The Kier molecular flexibility index (Phi) is 6.08. The molecule has 8 heteroatoms. The Labute approximate surface area is 182 Å². The first-order valence-corrected chi connectivity index (χ1v) is 10.7. The van der Waals surface area contributed by atoms with Crippen LogP contribution in [0.25, 0.3) is 0 Å². The van der Waals surface area contributed by atoms with Crippen LogP contribution in [0.15, 0.2) is 30.5 Å². The molecule has 164 valence electrons. The molecule has 0 spiro atoms. The number of esters is 1. The topological polar surface area (TPSA) is 84.0 Å². The third-order valence-corrected chi connectivity index (χ3v) is 5.62. The Morgan fingerprint density at radius 2 is 2.03 bits per heavy atom. The van der Waals surface area contributed by atoms with E-state index in [4.69, 9.17) is 9.47 Å². The van der Waals surface area contributed by atoms with Crippen molar-refractivity contribution in [2.24, 2.45) is 0 Å². The molecule has 1 N–H and O–H groups in total. The van der Waals surface area contributed by atoms with Gasteiger partial charge in [-0.1, -0.05) is 6.07 Å². The van der Waals surface area contributed by atoms with Gasteiger partial charge in [-0.25, -0.2) is 9.78 Å². The SMILES string of the molecule is CCOC(=O)c1ccc(N2CCN(Cc3cc(C)c4c(c3)NC(=O)C(C)O4)CC2)nc1. The van der Waals surface area contributed by atoms with Gasteiger partial charge in [0.25, 0.3) is 5.91 Å². The van der Waals surface area contributed by atoms with Crippen LogP contribution in [-0.2, 0) is 16.1 Å². The van der Waals surface area contributed by atoms with Crippen molar-refractivity contribution >= 4 is 23.4 Å². The van der Waals surface area contributed by atoms with Crippen molar-refractivity contribution in [1.29, 1.82) is 0 Å². The molecule has 1 saturated heterocycles. The number of nitrogens with one attached hydrogen (secondary N) is 1. The molecule has 0 bridgehead atoms. The number of carbonyl (C=O) groups is 2. The van der Waals surface area contributed by atoms with Crippen LogP contribution >= 0.6 is 0 Å². The average Bonchev–Trinajstić information content (AvgIpc) is 2.76. The highest BCUT2D eigenvalue weighted by Crippen LogP contribution is 2.34. The molecule has 1 aromatic heterocycles. The molecular weight excluding hydrogens is 396 g/mol. The van der Waals surface area contributed by atoms with Gasteiger partial charge in [-0.05, 0) is 50.1 Å². The number of nitrogens with zero attached hydrogens (tertiary/aromatic N) is 3. The molecule has 2 aliphatic heterocycles. The number of ether oxygens (including phenoxy) is 2. The van der Waals surface area contributed by atoms with Gasteiger partial charge < -0.3 is 19.7 Å². The van der Waals surface area contributed by atoms with Crippen LogP contribution in [0.3, 0.4) is 0 Å². The Morgan fingerprint density at radius 3 is 2.71 bits per heavy atom. The van der Waals surface area contributed by atoms with Crippen LogP contribution in [-0.4, -0.2) is 60.7 Å². The fourth-order valence-corrected chi connectivity index (χ4v) is 3.96. The van der Waals surface area contributed by atoms with E-state index in [-0.39, 0.29) is 11.9 Å². The zero-order valence-corrected chi connectivity index (χ0v) is 18.2. The number of aromatic nitrogens is 1. The summed E-state index contributed by atoms with van der Waals surface area (Å²) in [7, 11) is 0. The van der Waals surface area contributed by atoms with Gasteiger partial charge in [-0.15, -0.1) is 0 Å². The number of anilines is 2. The molecule has 0 saturated carbocycles. The first-order chi connectivity index (χ1) is 14.9. The van der Waals surface area contributed by atoms with Crippen molar-refractivity contribution < 1.29 is 19.1 Å². The number of benzene rings is 1. The van der Waals surface area contributed by atoms with Crippen LogP contribution in [0, 0.1) is 6.92 Å². The Hall–Kier alpha value is -3.13. The van der Waals surface area contributed by atoms with Crippen molar-refractivity contribution in [3.63, 3.8) is 0 Å². The minimum absolute atomic E-state index is 0.112. The Balaban J connectivity index is 1.35. The second-order valence-corrected chi connectivity index (χ2v) is 7.93. The largest absolute Gasteiger partial charge is 0.478 e. The van der Waals surface area contributed by atoms with Crippen molar-refractivity contribution in [2.75, 3.05) is 43.0 Å². The van der Waals surface area contributed by atoms with Gasteiger partial charge in [0.05, 0.1) is 17.9 Å². The van der Waals surface area contributed by atoms with E-state index in [2.05, 4.69) is 26.2 Å². The van der Waals surface area contributed by atoms with Crippen LogP contribution in [0.4, 0.5) is 11.5 Å². The lowest BCUT2D eigenvalue weighted by Crippen LogP contribution is -2.46. The molecule has 1 atom stereocenters. The summed E-state index contributed by atoms with van der Waals surface area (Å²) in [6.45, 7) is 10.2. The summed E-state index contributed by atoms with van der Waals surface area (Å²) in [6.07, 6.45) is 1.11. The number of hydrogen-bond donors (Lipinski definition) is 1. The third kappa shape index (κ3) is 4.64. The van der Waals surface area contributed by atoms with Crippen LogP contribution in [0.2, 0.25) is 0 Å². The normalized spacial score (nSPS) is 18.7. The van der Waals surface area contributed by atoms with E-state index in [1.54, 1.807) is 26.1 Å². The van der Waals surface area contributed by atoms with Crippen molar-refractivity contribution in [3.05, 3.63) is 47.2 Å². The summed E-state index contributed by atoms with van der Waals surface area (Å²) < 4.78 is 10.8. The summed E-state index contributed by atoms with van der Waals surface area (Å²) >= 11 is 0. The quantitative estimate of drug-likeness (QED) is 0.739. The molecule has 1 aromatic carbocycles. The van der Waals surface area contributed by atoms with Crippen molar-refractivity contribution in [1.82, 2.24) is 9.88 Å². The predicted molar refractivity (Wildman–Crippen MR) is 118 cm³/mol. The highest BCUT2D eigenvalue weighted by atomic mass is 16.5. The summed E-state index contributed by atoms with van der Waals surface area (Å²) in [6, 6.07) is 7.78. The highest BCUT2D eigenvalue weighted by Gasteiger charge is 2.26. The van der Waals surface area contributed by atoms with Gasteiger partial charge in [0, 0.05) is 38.9 Å². The fraction of sp³-hybridized carbons (Fsp3) is 0.435. The summed E-state index contributed by atoms with van der Waals surface area (Å²) in [5.74, 6) is 1.17. The van der Waals surface area contributed by atoms with Gasteiger partial charge in [0.15, 0.2) is 6.10 Å².